The monoisotopic (exact) mass is 506 g/mol. The lowest BCUT2D eigenvalue weighted by atomic mass is 10.1. The number of rotatable bonds is 5. The summed E-state index contributed by atoms with van der Waals surface area (Å²) in [6.45, 7) is 4.24. The molecule has 1 aliphatic rings. The third kappa shape index (κ3) is 5.00. The molecule has 0 aliphatic carbocycles. The zero-order valence-corrected chi connectivity index (χ0v) is 20.3. The molecular weight excluding hydrogens is 482 g/mol. The normalized spacial score (nSPS) is 14.1. The smallest absolute Gasteiger partial charge is 0.302 e. The molecule has 10 heteroatoms. The second-order valence-electron chi connectivity index (χ2n) is 8.85. The fourth-order valence-corrected chi connectivity index (χ4v) is 4.39. The Kier molecular flexibility index (Phi) is 6.56. The van der Waals surface area contributed by atoms with Gasteiger partial charge in [0.1, 0.15) is 29.1 Å². The van der Waals surface area contributed by atoms with E-state index in [0.717, 1.165) is 17.7 Å². The van der Waals surface area contributed by atoms with Crippen molar-refractivity contribution in [1.82, 2.24) is 14.8 Å². The molecule has 190 valence electrons. The third-order valence-electron chi connectivity index (χ3n) is 6.22. The minimum absolute atomic E-state index is 0.0386. The summed E-state index contributed by atoms with van der Waals surface area (Å²) in [5, 5.41) is 4.51. The minimum Gasteiger partial charge on any atom is -0.462 e. The van der Waals surface area contributed by atoms with Crippen LogP contribution in [0, 0.1) is 18.6 Å². The van der Waals surface area contributed by atoms with E-state index in [1.807, 2.05) is 24.0 Å². The number of nitrogens with zero attached hydrogens (tertiary/aromatic N) is 4. The number of aryl methyl sites for hydroxylation is 1. The number of hydrogen-bond donors (Lipinski definition) is 0. The SMILES string of the molecule is CC(=O)OC1CCN(c2nc(-c3ccc(F)cc3F)c(-c3ccc(=O)n(-c4ccccc4C)n3)o2)CC1. The highest BCUT2D eigenvalue weighted by molar-refractivity contribution is 5.76. The molecule has 1 fully saturated rings. The second-order valence-corrected chi connectivity index (χ2v) is 8.85. The van der Waals surface area contributed by atoms with E-state index in [4.69, 9.17) is 9.15 Å². The van der Waals surface area contributed by atoms with Gasteiger partial charge in [-0.2, -0.15) is 14.8 Å². The van der Waals surface area contributed by atoms with Crippen molar-refractivity contribution in [2.24, 2.45) is 0 Å². The molecule has 0 amide bonds. The number of para-hydroxylation sites is 1. The molecule has 0 radical (unpaired) electrons. The highest BCUT2D eigenvalue weighted by atomic mass is 19.1. The highest BCUT2D eigenvalue weighted by Gasteiger charge is 2.28. The topological polar surface area (TPSA) is 90.5 Å². The predicted molar refractivity (Wildman–Crippen MR) is 132 cm³/mol. The molecule has 1 saturated heterocycles. The van der Waals surface area contributed by atoms with Gasteiger partial charge in [0.05, 0.1) is 5.69 Å². The largest absolute Gasteiger partial charge is 0.462 e. The van der Waals surface area contributed by atoms with Crippen molar-refractivity contribution in [2.45, 2.75) is 32.8 Å². The van der Waals surface area contributed by atoms with Crippen LogP contribution in [0.5, 0.6) is 0 Å². The first-order valence-electron chi connectivity index (χ1n) is 11.9. The Hall–Kier alpha value is -4.34. The lowest BCUT2D eigenvalue weighted by Crippen LogP contribution is -2.37. The van der Waals surface area contributed by atoms with Gasteiger partial charge in [-0.25, -0.2) is 8.78 Å². The summed E-state index contributed by atoms with van der Waals surface area (Å²) in [5.41, 5.74) is 1.52. The first kappa shape index (κ1) is 24.4. The van der Waals surface area contributed by atoms with Gasteiger partial charge in [-0.15, -0.1) is 0 Å². The number of carbonyl (C=O) groups is 1. The first-order chi connectivity index (χ1) is 17.8. The van der Waals surface area contributed by atoms with Gasteiger partial charge in [-0.05, 0) is 36.8 Å². The summed E-state index contributed by atoms with van der Waals surface area (Å²) in [5.74, 6) is -1.71. The predicted octanol–water partition coefficient (Wildman–Crippen LogP) is 4.67. The molecule has 3 heterocycles. The quantitative estimate of drug-likeness (QED) is 0.363. The minimum atomic E-state index is -0.804. The van der Waals surface area contributed by atoms with Crippen LogP contribution in [0.3, 0.4) is 0 Å². The van der Waals surface area contributed by atoms with Crippen LogP contribution < -0.4 is 10.5 Å². The van der Waals surface area contributed by atoms with Crippen LogP contribution in [0.15, 0.2) is 63.8 Å². The fourth-order valence-electron chi connectivity index (χ4n) is 4.39. The first-order valence-corrected chi connectivity index (χ1v) is 11.9. The molecule has 4 aromatic rings. The van der Waals surface area contributed by atoms with E-state index in [0.29, 0.717) is 31.6 Å². The summed E-state index contributed by atoms with van der Waals surface area (Å²) in [6, 6.07) is 13.6. The van der Waals surface area contributed by atoms with Gasteiger partial charge in [0.25, 0.3) is 11.6 Å². The Balaban J connectivity index is 1.59. The standard InChI is InChI=1S/C27H24F2N4O4/c1-16-5-3-4-6-23(16)33-24(35)10-9-22(31-33)26-25(20-8-7-18(28)15-21(20)29)30-27(37-26)32-13-11-19(12-14-32)36-17(2)34/h3-10,15,19H,11-14H2,1-2H3. The maximum atomic E-state index is 14.9. The van der Waals surface area contributed by atoms with Gasteiger partial charge in [-0.3, -0.25) is 9.59 Å². The molecule has 0 unspecified atom stereocenters. The number of piperidine rings is 1. The van der Waals surface area contributed by atoms with E-state index in [1.165, 1.54) is 29.8 Å². The molecule has 5 rings (SSSR count). The van der Waals surface area contributed by atoms with Crippen molar-refractivity contribution < 1.29 is 22.7 Å². The van der Waals surface area contributed by atoms with Crippen LogP contribution >= 0.6 is 0 Å². The summed E-state index contributed by atoms with van der Waals surface area (Å²) < 4.78 is 41.2. The molecule has 2 aromatic heterocycles. The average molecular weight is 507 g/mol. The van der Waals surface area contributed by atoms with Crippen LogP contribution in [0.4, 0.5) is 14.8 Å². The fraction of sp³-hybridized carbons (Fsp3) is 0.259. The van der Waals surface area contributed by atoms with E-state index < -0.39 is 11.6 Å². The summed E-state index contributed by atoms with van der Waals surface area (Å²) in [7, 11) is 0. The van der Waals surface area contributed by atoms with Crippen molar-refractivity contribution in [2.75, 3.05) is 18.0 Å². The lowest BCUT2D eigenvalue weighted by Gasteiger charge is -2.30. The van der Waals surface area contributed by atoms with E-state index in [-0.39, 0.29) is 46.4 Å². The third-order valence-corrected chi connectivity index (χ3v) is 6.22. The van der Waals surface area contributed by atoms with Gasteiger partial charge in [-0.1, -0.05) is 18.2 Å². The van der Waals surface area contributed by atoms with Crippen molar-refractivity contribution in [3.05, 3.63) is 82.1 Å². The number of carbonyl (C=O) groups excluding carboxylic acids is 1. The van der Waals surface area contributed by atoms with E-state index in [1.54, 1.807) is 12.1 Å². The molecule has 0 spiro atoms. The maximum Gasteiger partial charge on any atom is 0.302 e. The van der Waals surface area contributed by atoms with Crippen LogP contribution in [0.2, 0.25) is 0 Å². The molecule has 8 nitrogen and oxygen atoms in total. The number of esters is 1. The zero-order chi connectivity index (χ0) is 26.1. The van der Waals surface area contributed by atoms with E-state index in [2.05, 4.69) is 10.1 Å². The van der Waals surface area contributed by atoms with E-state index >= 15 is 0 Å². The number of hydrogen-bond acceptors (Lipinski definition) is 7. The van der Waals surface area contributed by atoms with Crippen molar-refractivity contribution >= 4 is 12.0 Å². The maximum absolute atomic E-state index is 14.9. The van der Waals surface area contributed by atoms with Crippen LogP contribution in [0.1, 0.15) is 25.3 Å². The number of benzene rings is 2. The van der Waals surface area contributed by atoms with Gasteiger partial charge < -0.3 is 14.1 Å². The number of ether oxygens (including phenoxy) is 1. The number of aromatic nitrogens is 3. The Morgan fingerprint density at radius 3 is 2.54 bits per heavy atom. The molecule has 37 heavy (non-hydrogen) atoms. The Morgan fingerprint density at radius 2 is 1.84 bits per heavy atom. The average Bonchev–Trinajstić information content (AvgIpc) is 3.30. The lowest BCUT2D eigenvalue weighted by molar-refractivity contribution is -0.147. The van der Waals surface area contributed by atoms with Crippen molar-refractivity contribution in [3.8, 4) is 28.4 Å². The second kappa shape index (κ2) is 9.96. The van der Waals surface area contributed by atoms with Crippen LogP contribution in [-0.2, 0) is 9.53 Å². The molecule has 0 saturated carbocycles. The molecule has 0 bridgehead atoms. The van der Waals surface area contributed by atoms with Crippen LogP contribution in [0.25, 0.3) is 28.4 Å². The van der Waals surface area contributed by atoms with Crippen LogP contribution in [-0.4, -0.2) is 39.9 Å². The zero-order valence-electron chi connectivity index (χ0n) is 20.3. The van der Waals surface area contributed by atoms with E-state index in [9.17, 15) is 18.4 Å². The van der Waals surface area contributed by atoms with Gasteiger partial charge in [0.2, 0.25) is 0 Å². The molecule has 0 N–H and O–H groups in total. The van der Waals surface area contributed by atoms with Gasteiger partial charge in [0, 0.05) is 50.6 Å². The number of anilines is 1. The Morgan fingerprint density at radius 1 is 1.08 bits per heavy atom. The number of halogens is 2. The van der Waals surface area contributed by atoms with Crippen molar-refractivity contribution in [3.63, 3.8) is 0 Å². The summed E-state index contributed by atoms with van der Waals surface area (Å²) in [4.78, 5) is 30.4. The van der Waals surface area contributed by atoms with Gasteiger partial charge in [0.15, 0.2) is 5.76 Å². The molecule has 0 atom stereocenters. The molecular formula is C27H24F2N4O4. The summed E-state index contributed by atoms with van der Waals surface area (Å²) in [6.07, 6.45) is 0.957. The highest BCUT2D eigenvalue weighted by Crippen LogP contribution is 2.36. The molecule has 1 aliphatic heterocycles. The van der Waals surface area contributed by atoms with Crippen molar-refractivity contribution in [1.29, 1.82) is 0 Å². The van der Waals surface area contributed by atoms with Gasteiger partial charge >= 0.3 is 5.97 Å². The number of oxazole rings is 1. The molecule has 2 aromatic carbocycles. The Bertz CT molecular complexity index is 1520. The Labute approximate surface area is 211 Å². The summed E-state index contributed by atoms with van der Waals surface area (Å²) >= 11 is 0.